The lowest BCUT2D eigenvalue weighted by molar-refractivity contribution is -0.126. The summed E-state index contributed by atoms with van der Waals surface area (Å²) in [6.45, 7) is 6.02. The van der Waals surface area contributed by atoms with E-state index in [9.17, 15) is 9.59 Å². The van der Waals surface area contributed by atoms with Crippen LogP contribution in [0.1, 0.15) is 37.2 Å². The molecule has 1 aliphatic heterocycles. The van der Waals surface area contributed by atoms with Gasteiger partial charge in [0.05, 0.1) is 6.26 Å². The van der Waals surface area contributed by atoms with Crippen LogP contribution in [0, 0.1) is 11.8 Å². The zero-order valence-corrected chi connectivity index (χ0v) is 16.6. The average molecular weight is 383 g/mol. The largest absolute Gasteiger partial charge is 0.459 e. The maximum Gasteiger partial charge on any atom is 0.289 e. The van der Waals surface area contributed by atoms with Crippen molar-refractivity contribution in [1.29, 1.82) is 0 Å². The van der Waals surface area contributed by atoms with Crippen molar-refractivity contribution in [3.05, 3.63) is 54.5 Å². The van der Waals surface area contributed by atoms with E-state index >= 15 is 0 Å². The SMILES string of the molecule is CC(C)C(CNC(=O)C1CCN(C(=O)c2ccco2)CC1)Nc1ccccc1. The Hall–Kier alpha value is -2.76. The van der Waals surface area contributed by atoms with E-state index in [0.29, 0.717) is 44.2 Å². The molecule has 6 heteroatoms. The second-order valence-electron chi connectivity index (χ2n) is 7.65. The summed E-state index contributed by atoms with van der Waals surface area (Å²) < 4.78 is 5.18. The van der Waals surface area contributed by atoms with Gasteiger partial charge in [0.25, 0.3) is 5.91 Å². The summed E-state index contributed by atoms with van der Waals surface area (Å²) in [7, 11) is 0. The molecule has 0 radical (unpaired) electrons. The third kappa shape index (κ3) is 5.15. The van der Waals surface area contributed by atoms with Crippen LogP contribution in [-0.4, -0.2) is 42.4 Å². The molecule has 1 saturated heterocycles. The third-order valence-electron chi connectivity index (χ3n) is 5.31. The van der Waals surface area contributed by atoms with Crippen molar-refractivity contribution in [3.8, 4) is 0 Å². The molecule has 2 heterocycles. The van der Waals surface area contributed by atoms with Crippen molar-refractivity contribution in [3.63, 3.8) is 0 Å². The van der Waals surface area contributed by atoms with E-state index in [2.05, 4.69) is 24.5 Å². The van der Waals surface area contributed by atoms with E-state index in [1.807, 2.05) is 30.3 Å². The molecule has 0 bridgehead atoms. The Labute approximate surface area is 166 Å². The zero-order chi connectivity index (χ0) is 19.9. The first-order valence-electron chi connectivity index (χ1n) is 9.96. The Morgan fingerprint density at radius 3 is 2.43 bits per heavy atom. The number of rotatable bonds is 7. The number of carbonyl (C=O) groups excluding carboxylic acids is 2. The number of anilines is 1. The monoisotopic (exact) mass is 383 g/mol. The molecule has 6 nitrogen and oxygen atoms in total. The van der Waals surface area contributed by atoms with Crippen LogP contribution in [0.25, 0.3) is 0 Å². The molecule has 28 heavy (non-hydrogen) atoms. The van der Waals surface area contributed by atoms with Gasteiger partial charge in [-0.05, 0) is 43.0 Å². The lowest BCUT2D eigenvalue weighted by Gasteiger charge is -2.31. The van der Waals surface area contributed by atoms with E-state index in [-0.39, 0.29) is 23.8 Å². The molecule has 2 aromatic rings. The fraction of sp³-hybridized carbons (Fsp3) is 0.455. The van der Waals surface area contributed by atoms with Gasteiger partial charge >= 0.3 is 0 Å². The van der Waals surface area contributed by atoms with Gasteiger partial charge in [-0.15, -0.1) is 0 Å². The summed E-state index contributed by atoms with van der Waals surface area (Å²) in [5.74, 6) is 0.662. The van der Waals surface area contributed by atoms with Crippen molar-refractivity contribution < 1.29 is 14.0 Å². The molecule has 2 amide bonds. The first kappa shape index (κ1) is 20.0. The predicted molar refractivity (Wildman–Crippen MR) is 109 cm³/mol. The Morgan fingerprint density at radius 1 is 1.11 bits per heavy atom. The summed E-state index contributed by atoms with van der Waals surface area (Å²) >= 11 is 0. The van der Waals surface area contributed by atoms with Gasteiger partial charge < -0.3 is 20.0 Å². The molecule has 0 aliphatic carbocycles. The van der Waals surface area contributed by atoms with Crippen molar-refractivity contribution in [2.75, 3.05) is 25.0 Å². The summed E-state index contributed by atoms with van der Waals surface area (Å²) in [6, 6.07) is 13.6. The quantitative estimate of drug-likeness (QED) is 0.769. The number of carbonyl (C=O) groups is 2. The van der Waals surface area contributed by atoms with Gasteiger partial charge in [0.1, 0.15) is 0 Å². The molecule has 1 unspecified atom stereocenters. The second kappa shape index (κ2) is 9.44. The van der Waals surface area contributed by atoms with Crippen molar-refractivity contribution >= 4 is 17.5 Å². The second-order valence-corrected chi connectivity index (χ2v) is 7.65. The van der Waals surface area contributed by atoms with Crippen molar-refractivity contribution in [2.45, 2.75) is 32.7 Å². The number of likely N-dealkylation sites (tertiary alicyclic amines) is 1. The van der Waals surface area contributed by atoms with Crippen LogP contribution in [0.3, 0.4) is 0 Å². The molecule has 1 aromatic heterocycles. The minimum atomic E-state index is -0.101. The number of nitrogens with one attached hydrogen (secondary N) is 2. The lowest BCUT2D eigenvalue weighted by atomic mass is 9.95. The van der Waals surface area contributed by atoms with Gasteiger partial charge in [0.2, 0.25) is 5.91 Å². The number of amides is 2. The Kier molecular flexibility index (Phi) is 6.74. The molecular formula is C22H29N3O3. The van der Waals surface area contributed by atoms with Gasteiger partial charge in [-0.2, -0.15) is 0 Å². The van der Waals surface area contributed by atoms with Crippen LogP contribution in [0.15, 0.2) is 53.1 Å². The van der Waals surface area contributed by atoms with E-state index in [4.69, 9.17) is 4.42 Å². The molecule has 2 N–H and O–H groups in total. The predicted octanol–water partition coefficient (Wildman–Crippen LogP) is 3.38. The first-order chi connectivity index (χ1) is 13.5. The highest BCUT2D eigenvalue weighted by Gasteiger charge is 2.29. The highest BCUT2D eigenvalue weighted by atomic mass is 16.3. The summed E-state index contributed by atoms with van der Waals surface area (Å²) in [5.41, 5.74) is 1.06. The van der Waals surface area contributed by atoms with Gasteiger partial charge in [0, 0.05) is 37.3 Å². The first-order valence-corrected chi connectivity index (χ1v) is 9.96. The molecule has 3 rings (SSSR count). The average Bonchev–Trinajstić information content (AvgIpc) is 3.26. The maximum absolute atomic E-state index is 12.6. The number of benzene rings is 1. The maximum atomic E-state index is 12.6. The molecule has 150 valence electrons. The number of para-hydroxylation sites is 1. The summed E-state index contributed by atoms with van der Waals surface area (Å²) in [4.78, 5) is 26.7. The number of hydrogen-bond donors (Lipinski definition) is 2. The summed E-state index contributed by atoms with van der Waals surface area (Å²) in [5, 5.41) is 6.60. The van der Waals surface area contributed by atoms with Crippen molar-refractivity contribution in [1.82, 2.24) is 10.2 Å². The van der Waals surface area contributed by atoms with Crippen LogP contribution >= 0.6 is 0 Å². The molecule has 1 fully saturated rings. The lowest BCUT2D eigenvalue weighted by Crippen LogP contribution is -2.46. The number of furan rings is 1. The van der Waals surface area contributed by atoms with Crippen LogP contribution in [-0.2, 0) is 4.79 Å². The van der Waals surface area contributed by atoms with Gasteiger partial charge in [0.15, 0.2) is 5.76 Å². The van der Waals surface area contributed by atoms with E-state index in [0.717, 1.165) is 5.69 Å². The van der Waals surface area contributed by atoms with Gasteiger partial charge in [-0.3, -0.25) is 9.59 Å². The molecular weight excluding hydrogens is 354 g/mol. The van der Waals surface area contributed by atoms with Crippen LogP contribution in [0.5, 0.6) is 0 Å². The third-order valence-corrected chi connectivity index (χ3v) is 5.31. The highest BCUT2D eigenvalue weighted by Crippen LogP contribution is 2.20. The smallest absolute Gasteiger partial charge is 0.289 e. The van der Waals surface area contributed by atoms with Crippen molar-refractivity contribution in [2.24, 2.45) is 11.8 Å². The minimum absolute atomic E-state index is 0.0508. The van der Waals surface area contributed by atoms with Crippen LogP contribution < -0.4 is 10.6 Å². The summed E-state index contributed by atoms with van der Waals surface area (Å²) in [6.07, 6.45) is 2.86. The van der Waals surface area contributed by atoms with Crippen LogP contribution in [0.2, 0.25) is 0 Å². The normalized spacial score (nSPS) is 16.0. The Bertz CT molecular complexity index is 751. The Balaban J connectivity index is 1.46. The zero-order valence-electron chi connectivity index (χ0n) is 16.6. The molecule has 1 aliphatic rings. The molecule has 0 spiro atoms. The van der Waals surface area contributed by atoms with E-state index < -0.39 is 0 Å². The number of hydrogen-bond acceptors (Lipinski definition) is 4. The van der Waals surface area contributed by atoms with Crippen LogP contribution in [0.4, 0.5) is 5.69 Å². The fourth-order valence-corrected chi connectivity index (χ4v) is 3.46. The standard InChI is InChI=1S/C22H29N3O3/c1-16(2)19(24-18-7-4-3-5-8-18)15-23-21(26)17-10-12-25(13-11-17)22(27)20-9-6-14-28-20/h3-9,14,16-17,19,24H,10-13,15H2,1-2H3,(H,23,26). The van der Waals surface area contributed by atoms with E-state index in [1.165, 1.54) is 6.26 Å². The number of piperidine rings is 1. The molecule has 1 aromatic carbocycles. The fourth-order valence-electron chi connectivity index (χ4n) is 3.46. The topological polar surface area (TPSA) is 74.6 Å². The molecule has 0 saturated carbocycles. The number of nitrogens with zero attached hydrogens (tertiary/aromatic N) is 1. The van der Waals surface area contributed by atoms with Gasteiger partial charge in [-0.1, -0.05) is 32.0 Å². The van der Waals surface area contributed by atoms with Gasteiger partial charge in [-0.25, -0.2) is 0 Å². The highest BCUT2D eigenvalue weighted by molar-refractivity contribution is 5.91. The van der Waals surface area contributed by atoms with E-state index in [1.54, 1.807) is 17.0 Å². The Morgan fingerprint density at radius 2 is 1.82 bits per heavy atom. The minimum Gasteiger partial charge on any atom is -0.459 e. The molecule has 1 atom stereocenters.